The van der Waals surface area contributed by atoms with Gasteiger partial charge in [0.25, 0.3) is 0 Å². The van der Waals surface area contributed by atoms with Gasteiger partial charge in [-0.1, -0.05) is 0 Å². The van der Waals surface area contributed by atoms with Crippen molar-refractivity contribution in [3.05, 3.63) is 0 Å². The topological polar surface area (TPSA) is 58.2 Å². The number of rotatable bonds is 3. The molecule has 0 atom stereocenters. The molecule has 111 valence electrons. The Morgan fingerprint density at radius 2 is 1.80 bits per heavy atom. The average Bonchev–Trinajstić information content (AvgIpc) is 2.09. The number of hydrogen-bond acceptors (Lipinski definition) is 2. The van der Waals surface area contributed by atoms with Crippen LogP contribution in [-0.2, 0) is 75.4 Å². The minimum atomic E-state index is -3.76. The van der Waals surface area contributed by atoms with Crippen molar-refractivity contribution in [3.8, 4) is 0 Å². The molecule has 0 aromatic heterocycles. The van der Waals surface area contributed by atoms with Gasteiger partial charge < -0.3 is 0 Å². The molecule has 0 spiro atoms. The summed E-state index contributed by atoms with van der Waals surface area (Å²) < 4.78 is 7.58. The number of carbonyl (C=O) groups is 2. The summed E-state index contributed by atoms with van der Waals surface area (Å²) in [6.07, 6.45) is 0. The van der Waals surface area contributed by atoms with Crippen LogP contribution >= 0.6 is 18.6 Å². The number of nitrogens with one attached hydrogen (secondary N) is 2. The van der Waals surface area contributed by atoms with Crippen LogP contribution in [-0.4, -0.2) is 11.8 Å². The molecule has 0 saturated carbocycles. The van der Waals surface area contributed by atoms with Crippen molar-refractivity contribution in [3.63, 3.8) is 0 Å². The second kappa shape index (κ2) is 8.00. The van der Waals surface area contributed by atoms with E-state index in [-0.39, 0.29) is 37.3 Å². The van der Waals surface area contributed by atoms with E-state index < -0.39 is 40.4 Å². The van der Waals surface area contributed by atoms with Crippen molar-refractivity contribution in [1.82, 2.24) is 7.60 Å². The van der Waals surface area contributed by atoms with Gasteiger partial charge in [-0.15, -0.1) is 0 Å². The van der Waals surface area contributed by atoms with Crippen molar-refractivity contribution in [2.45, 2.75) is 36.0 Å². The van der Waals surface area contributed by atoms with Crippen molar-refractivity contribution in [2.24, 2.45) is 0 Å². The van der Waals surface area contributed by atoms with Gasteiger partial charge in [-0.25, -0.2) is 0 Å². The Hall–Kier alpha value is 3.81. The summed E-state index contributed by atoms with van der Waals surface area (Å²) in [6, 6.07) is 0. The minimum absolute atomic E-state index is 0.0308. The first kappa shape index (κ1) is 21.8. The van der Waals surface area contributed by atoms with Gasteiger partial charge in [0.1, 0.15) is 0 Å². The van der Waals surface area contributed by atoms with Crippen molar-refractivity contribution in [1.29, 1.82) is 0 Å². The van der Waals surface area contributed by atoms with E-state index in [1.54, 1.807) is 13.8 Å². The Balaban J connectivity index is 3.25. The van der Waals surface area contributed by atoms with E-state index >= 15 is 0 Å². The first-order valence-electron chi connectivity index (χ1n) is 6.35. The predicted octanol–water partition coefficient (Wildman–Crippen LogP) is 2.68. The first-order chi connectivity index (χ1) is 8.88. The molecule has 1 aliphatic rings. The maximum absolute atomic E-state index is 11.7. The number of hydrogen-bond donors (Lipinski definition) is 2. The third-order valence-electron chi connectivity index (χ3n) is 2.85. The number of carbonyl (C=O) groups excluding carboxylic acids is 2. The van der Waals surface area contributed by atoms with Gasteiger partial charge in [-0.05, 0) is 0 Å². The molecule has 20 heavy (non-hydrogen) atoms. The standard InChI is InChI=1S/2C2H5NO.C2H5.2CH3.2ClH.6Ti/c2*1-2(3)4;1-2;;;;;;;;;;/h2*1H3,(H2,3,4);1H2,2H3;2*1H3;2*1H;;;;;;/q;;;;;;;;;;;+1;+3/p-4. The molecule has 0 unspecified atom stereocenters. The molecule has 0 bridgehead atoms. The van der Waals surface area contributed by atoms with Crippen LogP contribution in [0.25, 0.3) is 0 Å². The van der Waals surface area contributed by atoms with Crippen LogP contribution in [0.5, 0.6) is 0 Å². The van der Waals surface area contributed by atoms with Crippen LogP contribution in [0.2, 0.25) is 15.2 Å². The molecule has 2 N–H and O–H groups in total. The third kappa shape index (κ3) is 5.96. The van der Waals surface area contributed by atoms with E-state index in [0.29, 0.717) is 0 Å². The number of halogens is 2. The Morgan fingerprint density at radius 3 is 2.20 bits per heavy atom. The Bertz CT molecular complexity index is 435. The molecule has 1 aliphatic heterocycles. The molecular weight excluding hydrogens is 514 g/mol. The fraction of sp³-hybridized carbons (Fsp3) is 0.750. The van der Waals surface area contributed by atoms with Crippen molar-refractivity contribution < 1.29 is 75.4 Å². The van der Waals surface area contributed by atoms with Gasteiger partial charge >= 0.3 is 149 Å². The fourth-order valence-corrected chi connectivity index (χ4v) is 549. The Morgan fingerprint density at radius 1 is 1.25 bits per heavy atom. The third-order valence-corrected chi connectivity index (χ3v) is 236. The summed E-state index contributed by atoms with van der Waals surface area (Å²) in [5.74, 6) is 0.0576. The van der Waals surface area contributed by atoms with Crippen LogP contribution < -0.4 is 7.60 Å². The summed E-state index contributed by atoms with van der Waals surface area (Å²) in [4.78, 5) is 23.3. The van der Waals surface area contributed by atoms with Gasteiger partial charge in [-0.2, -0.15) is 0 Å². The molecule has 1 heterocycles. The second-order valence-electron chi connectivity index (χ2n) is 5.46. The summed E-state index contributed by atoms with van der Waals surface area (Å²) in [5.41, 5.74) is 0. The first-order valence-corrected chi connectivity index (χ1v) is 40.4. The molecule has 0 radical (unpaired) electrons. The summed E-state index contributed by atoms with van der Waals surface area (Å²) in [7, 11) is 8.73. The molecule has 1 fully saturated rings. The molecule has 4 nitrogen and oxygen atoms in total. The maximum atomic E-state index is 11.7. The molecule has 1 saturated heterocycles. The summed E-state index contributed by atoms with van der Waals surface area (Å²) >= 11 is -3.61. The van der Waals surface area contributed by atoms with Crippen molar-refractivity contribution in [2.75, 3.05) is 0 Å². The zero-order chi connectivity index (χ0) is 15.8. The van der Waals surface area contributed by atoms with Gasteiger partial charge in [0.2, 0.25) is 0 Å². The van der Waals surface area contributed by atoms with Gasteiger partial charge in [0.05, 0.1) is 0 Å². The number of amides is 2. The van der Waals surface area contributed by atoms with E-state index in [2.05, 4.69) is 25.0 Å². The van der Waals surface area contributed by atoms with Crippen LogP contribution in [0.3, 0.4) is 0 Å². The van der Waals surface area contributed by atoms with E-state index in [1.807, 2.05) is 0 Å². The average molecular weight is 533 g/mol. The quantitative estimate of drug-likeness (QED) is 0.549. The van der Waals surface area contributed by atoms with E-state index in [1.165, 1.54) is 0 Å². The summed E-state index contributed by atoms with van der Waals surface area (Å²) in [6.45, 7) is 5.34. The SMILES string of the molecule is C[CH2][Ti]1[Ti]([NH]C(C)=O)[Ti][Ti]([CH3])([CH3])[Ti][Ti]1([Cl])([Cl])[NH]C(C)=O. The van der Waals surface area contributed by atoms with E-state index in [9.17, 15) is 9.59 Å². The second-order valence-corrected chi connectivity index (χ2v) is 114. The van der Waals surface area contributed by atoms with Crippen molar-refractivity contribution >= 4 is 30.4 Å². The fourth-order valence-electron chi connectivity index (χ4n) is 2.45. The van der Waals surface area contributed by atoms with Crippen LogP contribution in [0, 0.1) is 0 Å². The molecule has 0 aromatic rings. The van der Waals surface area contributed by atoms with Gasteiger partial charge in [0, 0.05) is 0 Å². The van der Waals surface area contributed by atoms with Gasteiger partial charge in [-0.3, -0.25) is 0 Å². The van der Waals surface area contributed by atoms with Crippen LogP contribution in [0.15, 0.2) is 0 Å². The predicted molar refractivity (Wildman–Crippen MR) is 61.5 cm³/mol. The molecule has 12 heteroatoms. The normalized spacial score (nSPS) is 24.4. The molecular formula is C8H19Cl2N2O2Ti6. The van der Waals surface area contributed by atoms with Crippen LogP contribution in [0.1, 0.15) is 20.8 Å². The monoisotopic (exact) mass is 533 g/mol. The Kier molecular flexibility index (Phi) is 8.74. The summed E-state index contributed by atoms with van der Waals surface area (Å²) in [5, 5.41) is 4.91. The zero-order valence-corrected chi connectivity index (χ0v) is 23.2. The molecule has 0 aliphatic carbocycles. The van der Waals surface area contributed by atoms with Gasteiger partial charge in [0.15, 0.2) is 0 Å². The molecule has 2 amide bonds. The van der Waals surface area contributed by atoms with E-state index in [0.717, 1.165) is 4.73 Å². The Labute approximate surface area is 146 Å². The van der Waals surface area contributed by atoms with Crippen LogP contribution in [0.4, 0.5) is 0 Å². The molecule has 0 aromatic carbocycles. The zero-order valence-electron chi connectivity index (χ0n) is 12.3. The molecule has 1 rings (SSSR count). The van der Waals surface area contributed by atoms with E-state index in [4.69, 9.17) is 18.6 Å².